The molecule has 1 fully saturated rings. The molecule has 2 aromatic rings. The van der Waals surface area contributed by atoms with Gasteiger partial charge in [-0.3, -0.25) is 5.73 Å². The Hall–Kier alpha value is -1.88. The summed E-state index contributed by atoms with van der Waals surface area (Å²) in [4.78, 5) is 0. The van der Waals surface area contributed by atoms with Crippen LogP contribution in [0.2, 0.25) is 0 Å². The molecule has 0 radical (unpaired) electrons. The van der Waals surface area contributed by atoms with Gasteiger partial charge in [0, 0.05) is 5.41 Å². The minimum absolute atomic E-state index is 0.0137. The molecule has 2 aromatic carbocycles. The Morgan fingerprint density at radius 1 is 0.889 bits per heavy atom. The van der Waals surface area contributed by atoms with Crippen molar-refractivity contribution in [3.63, 3.8) is 0 Å². The van der Waals surface area contributed by atoms with E-state index in [0.29, 0.717) is 6.61 Å². The fourth-order valence-electron chi connectivity index (χ4n) is 4.17. The highest BCUT2D eigenvalue weighted by molar-refractivity contribution is 5.44. The first kappa shape index (κ1) is 19.9. The maximum absolute atomic E-state index is 5.83. The van der Waals surface area contributed by atoms with Crippen molar-refractivity contribution in [3.8, 4) is 5.75 Å². The number of benzene rings is 2. The molecule has 0 heterocycles. The Balaban J connectivity index is 1.97. The second-order valence-corrected chi connectivity index (χ2v) is 7.71. The highest BCUT2D eigenvalue weighted by atomic mass is 16.5. The maximum Gasteiger partial charge on any atom is 0.144 e. The second-order valence-electron chi connectivity index (χ2n) is 7.71. The van der Waals surface area contributed by atoms with E-state index in [0.717, 1.165) is 24.2 Å². The van der Waals surface area contributed by atoms with Crippen LogP contribution in [0.15, 0.2) is 48.5 Å². The molecule has 27 heavy (non-hydrogen) atoms. The molecule has 2 unspecified atom stereocenters. The zero-order valence-electron chi connectivity index (χ0n) is 16.5. The summed E-state index contributed by atoms with van der Waals surface area (Å²) in [6.07, 6.45) is 5.48. The van der Waals surface area contributed by atoms with Crippen LogP contribution in [0, 0.1) is 0 Å². The van der Waals surface area contributed by atoms with Crippen LogP contribution in [0.3, 0.4) is 0 Å². The van der Waals surface area contributed by atoms with E-state index in [4.69, 9.17) is 20.9 Å². The lowest BCUT2D eigenvalue weighted by atomic mass is 9.65. The van der Waals surface area contributed by atoms with Crippen molar-refractivity contribution in [1.82, 2.24) is 0 Å². The molecular weight excluding hydrogens is 336 g/mol. The summed E-state index contributed by atoms with van der Waals surface area (Å²) in [5.74, 6) is 0.837. The normalized spacial score (nSPS) is 18.7. The third kappa shape index (κ3) is 4.89. The summed E-state index contributed by atoms with van der Waals surface area (Å²) in [6.45, 7) is 4.25. The summed E-state index contributed by atoms with van der Waals surface area (Å²) in [7, 11) is 0. The molecule has 1 aliphatic rings. The molecule has 4 nitrogen and oxygen atoms in total. The van der Waals surface area contributed by atoms with Gasteiger partial charge < -0.3 is 15.2 Å². The Bertz CT molecular complexity index is 737. The summed E-state index contributed by atoms with van der Waals surface area (Å²) in [5, 5.41) is 0. The molecule has 2 atom stereocenters. The van der Waals surface area contributed by atoms with Crippen molar-refractivity contribution < 1.29 is 9.47 Å². The SMILES string of the molecule is CC(N)OCc1cccc(C2(c3cccc(OC(C)N)c3)CCCCC2)c1. The van der Waals surface area contributed by atoms with Crippen molar-refractivity contribution in [3.05, 3.63) is 65.2 Å². The fraction of sp³-hybridized carbons (Fsp3) is 0.478. The fourth-order valence-corrected chi connectivity index (χ4v) is 4.17. The molecule has 3 rings (SSSR count). The Labute approximate surface area is 162 Å². The molecule has 4 N–H and O–H groups in total. The molecular formula is C23H32N2O2. The van der Waals surface area contributed by atoms with E-state index < -0.39 is 0 Å². The predicted octanol–water partition coefficient (Wildman–Crippen LogP) is 4.44. The zero-order valence-corrected chi connectivity index (χ0v) is 16.5. The first-order valence-electron chi connectivity index (χ1n) is 9.99. The average Bonchev–Trinajstić information content (AvgIpc) is 2.67. The van der Waals surface area contributed by atoms with E-state index in [1.165, 1.54) is 30.4 Å². The van der Waals surface area contributed by atoms with Crippen molar-refractivity contribution in [2.24, 2.45) is 11.5 Å². The van der Waals surface area contributed by atoms with Gasteiger partial charge in [-0.15, -0.1) is 0 Å². The first-order chi connectivity index (χ1) is 13.0. The third-order valence-corrected chi connectivity index (χ3v) is 5.41. The lowest BCUT2D eigenvalue weighted by molar-refractivity contribution is 0.0576. The van der Waals surface area contributed by atoms with E-state index in [-0.39, 0.29) is 17.9 Å². The molecule has 0 aromatic heterocycles. The third-order valence-electron chi connectivity index (χ3n) is 5.41. The molecule has 4 heteroatoms. The molecule has 0 aliphatic heterocycles. The summed E-state index contributed by atoms with van der Waals surface area (Å²) in [5.41, 5.74) is 15.4. The van der Waals surface area contributed by atoms with Crippen LogP contribution in [-0.2, 0) is 16.8 Å². The summed E-state index contributed by atoms with van der Waals surface area (Å²) in [6, 6.07) is 17.2. The van der Waals surface area contributed by atoms with Gasteiger partial charge in [-0.1, -0.05) is 55.7 Å². The minimum atomic E-state index is -0.318. The highest BCUT2D eigenvalue weighted by Gasteiger charge is 2.36. The Morgan fingerprint density at radius 3 is 2.22 bits per heavy atom. The van der Waals surface area contributed by atoms with Gasteiger partial charge in [0.25, 0.3) is 0 Å². The molecule has 0 bridgehead atoms. The molecule has 1 aliphatic carbocycles. The second kappa shape index (κ2) is 8.87. The van der Waals surface area contributed by atoms with Gasteiger partial charge in [0.05, 0.1) is 6.61 Å². The predicted molar refractivity (Wildman–Crippen MR) is 109 cm³/mol. The number of hydrogen-bond acceptors (Lipinski definition) is 4. The van der Waals surface area contributed by atoms with Crippen LogP contribution in [-0.4, -0.2) is 12.5 Å². The standard InChI is InChI=1S/C23H32N2O2/c1-17(24)26-16-19-8-6-9-20(14-19)23(12-4-3-5-13-23)21-10-7-11-22(15-21)27-18(2)25/h6-11,14-15,17-18H,3-5,12-13,16,24-25H2,1-2H3. The van der Waals surface area contributed by atoms with Gasteiger partial charge in [0.2, 0.25) is 0 Å². The maximum atomic E-state index is 5.83. The Morgan fingerprint density at radius 2 is 1.56 bits per heavy atom. The van der Waals surface area contributed by atoms with Crippen LogP contribution in [0.25, 0.3) is 0 Å². The molecule has 0 spiro atoms. The number of nitrogens with two attached hydrogens (primary N) is 2. The van der Waals surface area contributed by atoms with Crippen LogP contribution in [0.1, 0.15) is 62.6 Å². The van der Waals surface area contributed by atoms with Crippen molar-refractivity contribution in [2.75, 3.05) is 0 Å². The van der Waals surface area contributed by atoms with E-state index in [1.807, 2.05) is 19.9 Å². The van der Waals surface area contributed by atoms with Crippen LogP contribution in [0.4, 0.5) is 0 Å². The summed E-state index contributed by atoms with van der Waals surface area (Å²) >= 11 is 0. The van der Waals surface area contributed by atoms with Crippen molar-refractivity contribution in [1.29, 1.82) is 0 Å². The number of hydrogen-bond donors (Lipinski definition) is 2. The van der Waals surface area contributed by atoms with Gasteiger partial charge in [0.1, 0.15) is 18.2 Å². The van der Waals surface area contributed by atoms with Gasteiger partial charge >= 0.3 is 0 Å². The van der Waals surface area contributed by atoms with Gasteiger partial charge in [-0.2, -0.15) is 0 Å². The first-order valence-corrected chi connectivity index (χ1v) is 9.99. The highest BCUT2D eigenvalue weighted by Crippen LogP contribution is 2.45. The van der Waals surface area contributed by atoms with Crippen LogP contribution < -0.4 is 16.2 Å². The Kier molecular flexibility index (Phi) is 6.53. The largest absolute Gasteiger partial charge is 0.476 e. The van der Waals surface area contributed by atoms with E-state index >= 15 is 0 Å². The van der Waals surface area contributed by atoms with Crippen LogP contribution >= 0.6 is 0 Å². The molecule has 1 saturated carbocycles. The lowest BCUT2D eigenvalue weighted by Gasteiger charge is -2.39. The lowest BCUT2D eigenvalue weighted by Crippen LogP contribution is -2.31. The van der Waals surface area contributed by atoms with E-state index in [9.17, 15) is 0 Å². The topological polar surface area (TPSA) is 70.5 Å². The minimum Gasteiger partial charge on any atom is -0.476 e. The van der Waals surface area contributed by atoms with Crippen molar-refractivity contribution in [2.45, 2.75) is 70.4 Å². The quantitative estimate of drug-likeness (QED) is 0.709. The molecule has 146 valence electrons. The smallest absolute Gasteiger partial charge is 0.144 e. The van der Waals surface area contributed by atoms with E-state index in [2.05, 4.69) is 42.5 Å². The number of ether oxygens (including phenoxy) is 2. The number of rotatable bonds is 7. The van der Waals surface area contributed by atoms with Gasteiger partial charge in [-0.05, 0) is 55.5 Å². The van der Waals surface area contributed by atoms with Crippen LogP contribution in [0.5, 0.6) is 5.75 Å². The van der Waals surface area contributed by atoms with Gasteiger partial charge in [-0.25, -0.2) is 0 Å². The zero-order chi connectivity index (χ0) is 19.3. The monoisotopic (exact) mass is 368 g/mol. The van der Waals surface area contributed by atoms with Crippen molar-refractivity contribution >= 4 is 0 Å². The van der Waals surface area contributed by atoms with Gasteiger partial charge in [0.15, 0.2) is 0 Å². The molecule has 0 saturated heterocycles. The van der Waals surface area contributed by atoms with E-state index in [1.54, 1.807) is 0 Å². The molecule has 0 amide bonds. The summed E-state index contributed by atoms with van der Waals surface area (Å²) < 4.78 is 11.4. The average molecular weight is 369 g/mol.